The van der Waals surface area contributed by atoms with Crippen molar-refractivity contribution >= 4 is 43.6 Å². The van der Waals surface area contributed by atoms with Crippen LogP contribution >= 0.6 is 0 Å². The maximum Gasteiger partial charge on any atom is 0.238 e. The third-order valence-corrected chi connectivity index (χ3v) is 10.1. The highest BCUT2D eigenvalue weighted by Crippen LogP contribution is 2.42. The van der Waals surface area contributed by atoms with E-state index in [9.17, 15) is 8.22 Å². The Morgan fingerprint density at radius 3 is 1.45 bits per heavy atom. The summed E-state index contributed by atoms with van der Waals surface area (Å²) < 4.78 is 95.4. The molecule has 0 atom stereocenters. The minimum atomic E-state index is -0.548. The molecule has 5 heteroatoms. The standard InChI is InChI=1S/C51H33N5/c1-4-15-34(16-5-1)36-27-29-40(30-28-36)55-45-25-12-10-23-41(45)43-31-32-44-42-24-11-13-26-46(42)56(48(44)47(43)55)51-53-49(37-19-8-3-9-20-37)52-50(54-51)39-22-14-21-38(33-39)35-17-6-2-7-18-35/h1-33H/i10D,11D,12D,13D,23D,24D,25D,26D,31D,32D. The van der Waals surface area contributed by atoms with E-state index in [0.29, 0.717) is 16.8 Å². The van der Waals surface area contributed by atoms with E-state index in [1.54, 1.807) is 4.57 Å². The molecule has 0 amide bonds. The van der Waals surface area contributed by atoms with Crippen LogP contribution < -0.4 is 0 Å². The Morgan fingerprint density at radius 1 is 0.357 bits per heavy atom. The van der Waals surface area contributed by atoms with Gasteiger partial charge in [-0.2, -0.15) is 9.97 Å². The van der Waals surface area contributed by atoms with Crippen molar-refractivity contribution in [2.75, 3.05) is 0 Å². The third-order valence-electron chi connectivity index (χ3n) is 10.1. The van der Waals surface area contributed by atoms with Gasteiger partial charge in [-0.3, -0.25) is 4.57 Å². The SMILES string of the molecule is [2H]c1c([2H])c([2H])c2c(c1[2H])c1c([2H])c([2H])c3c4c([2H])c([2H])c([2H])c([2H])c4n(-c4nc(-c5ccccc5)nc(-c5cccc(-c6ccccc6)c5)n4)c3c1n2-c1ccc(-c2ccccc2)cc1. The monoisotopic (exact) mass is 725 g/mol. The van der Waals surface area contributed by atoms with Crippen LogP contribution in [-0.4, -0.2) is 24.1 Å². The predicted octanol–water partition coefficient (Wildman–Crippen LogP) is 12.7. The Bertz CT molecular complexity index is 3800. The summed E-state index contributed by atoms with van der Waals surface area (Å²) in [5.74, 6) is 0.416. The molecule has 0 saturated carbocycles. The Morgan fingerprint density at radius 2 is 0.821 bits per heavy atom. The Balaban J connectivity index is 1.35. The maximum absolute atomic E-state index is 9.70. The molecule has 8 aromatic carbocycles. The van der Waals surface area contributed by atoms with Gasteiger partial charge in [-0.25, -0.2) is 4.98 Å². The highest BCUT2D eigenvalue weighted by atomic mass is 15.2. The highest BCUT2D eigenvalue weighted by molar-refractivity contribution is 6.23. The molecule has 0 radical (unpaired) electrons. The maximum atomic E-state index is 9.70. The van der Waals surface area contributed by atoms with Gasteiger partial charge in [0, 0.05) is 38.4 Å². The highest BCUT2D eigenvalue weighted by Gasteiger charge is 2.23. The van der Waals surface area contributed by atoms with Crippen molar-refractivity contribution < 1.29 is 13.7 Å². The second-order valence-electron chi connectivity index (χ2n) is 13.3. The van der Waals surface area contributed by atoms with Crippen LogP contribution in [0.15, 0.2) is 200 Å². The topological polar surface area (TPSA) is 48.5 Å². The fourth-order valence-corrected chi connectivity index (χ4v) is 7.48. The zero-order valence-corrected chi connectivity index (χ0v) is 29.5. The number of fused-ring (bicyclic) bond motifs is 7. The second-order valence-corrected chi connectivity index (χ2v) is 13.3. The number of para-hydroxylation sites is 2. The van der Waals surface area contributed by atoms with Gasteiger partial charge in [-0.15, -0.1) is 0 Å². The normalized spacial score (nSPS) is 14.1. The number of rotatable bonds is 6. The lowest BCUT2D eigenvalue weighted by molar-refractivity contribution is 0.953. The van der Waals surface area contributed by atoms with Crippen LogP contribution in [0.5, 0.6) is 0 Å². The third kappa shape index (κ3) is 5.21. The Labute approximate surface area is 337 Å². The summed E-state index contributed by atoms with van der Waals surface area (Å²) in [7, 11) is 0. The molecule has 11 aromatic rings. The molecular formula is C51H33N5. The van der Waals surface area contributed by atoms with E-state index in [1.165, 1.54) is 4.57 Å². The summed E-state index contributed by atoms with van der Waals surface area (Å²) in [6.45, 7) is 0. The molecule has 56 heavy (non-hydrogen) atoms. The zero-order chi connectivity index (χ0) is 45.7. The minimum absolute atomic E-state index is 0.000987. The molecule has 0 N–H and O–H groups in total. The molecule has 0 spiro atoms. The van der Waals surface area contributed by atoms with Crippen molar-refractivity contribution in [2.24, 2.45) is 0 Å². The molecular weight excluding hydrogens is 683 g/mol. The Kier molecular flexibility index (Phi) is 5.41. The van der Waals surface area contributed by atoms with Gasteiger partial charge in [-0.05, 0) is 52.5 Å². The lowest BCUT2D eigenvalue weighted by atomic mass is 10.0. The van der Waals surface area contributed by atoms with E-state index in [0.717, 1.165) is 22.3 Å². The fourth-order valence-electron chi connectivity index (χ4n) is 7.48. The van der Waals surface area contributed by atoms with Gasteiger partial charge < -0.3 is 4.57 Å². The van der Waals surface area contributed by atoms with Gasteiger partial charge >= 0.3 is 0 Å². The minimum Gasteiger partial charge on any atom is -0.307 e. The second kappa shape index (κ2) is 13.0. The Hall–Kier alpha value is -7.63. The quantitative estimate of drug-likeness (QED) is 0.171. The van der Waals surface area contributed by atoms with Gasteiger partial charge in [0.25, 0.3) is 0 Å². The van der Waals surface area contributed by atoms with Crippen molar-refractivity contribution in [2.45, 2.75) is 0 Å². The summed E-state index contributed by atoms with van der Waals surface area (Å²) in [5.41, 5.74) is 5.61. The molecule has 262 valence electrons. The fraction of sp³-hybridized carbons (Fsp3) is 0. The van der Waals surface area contributed by atoms with E-state index in [1.807, 2.05) is 140 Å². The van der Waals surface area contributed by atoms with Gasteiger partial charge in [0.05, 0.1) is 35.8 Å². The number of hydrogen-bond acceptors (Lipinski definition) is 3. The van der Waals surface area contributed by atoms with E-state index < -0.39 is 54.4 Å². The van der Waals surface area contributed by atoms with Crippen molar-refractivity contribution in [3.8, 4) is 56.7 Å². The van der Waals surface area contributed by atoms with Crippen molar-refractivity contribution in [1.82, 2.24) is 24.1 Å². The van der Waals surface area contributed by atoms with Crippen LogP contribution in [0.3, 0.4) is 0 Å². The summed E-state index contributed by atoms with van der Waals surface area (Å²) >= 11 is 0. The van der Waals surface area contributed by atoms with Gasteiger partial charge in [0.15, 0.2) is 11.6 Å². The average Bonchev–Trinajstić information content (AvgIpc) is 3.91. The van der Waals surface area contributed by atoms with Crippen LogP contribution in [0.25, 0.3) is 100 Å². The average molecular weight is 726 g/mol. The lowest BCUT2D eigenvalue weighted by Gasteiger charge is -2.14. The van der Waals surface area contributed by atoms with Crippen LogP contribution in [0.2, 0.25) is 0 Å². The molecule has 3 aromatic heterocycles. The summed E-state index contributed by atoms with van der Waals surface area (Å²) in [5, 5.41) is -0.0430. The molecule has 0 saturated heterocycles. The number of nitrogens with zero attached hydrogens (tertiary/aromatic N) is 5. The molecule has 0 bridgehead atoms. The molecule has 0 aliphatic carbocycles. The van der Waals surface area contributed by atoms with Gasteiger partial charge in [0.2, 0.25) is 5.95 Å². The first-order valence-corrected chi connectivity index (χ1v) is 18.1. The first-order chi connectivity index (χ1) is 31.9. The molecule has 0 aliphatic rings. The smallest absolute Gasteiger partial charge is 0.238 e. The molecule has 5 nitrogen and oxygen atoms in total. The summed E-state index contributed by atoms with van der Waals surface area (Å²) in [6, 6.07) is 39.2. The molecule has 0 fully saturated rings. The largest absolute Gasteiger partial charge is 0.307 e. The predicted molar refractivity (Wildman–Crippen MR) is 230 cm³/mol. The zero-order valence-electron chi connectivity index (χ0n) is 39.5. The van der Waals surface area contributed by atoms with Crippen LogP contribution in [0.1, 0.15) is 13.7 Å². The van der Waals surface area contributed by atoms with Crippen LogP contribution in [0.4, 0.5) is 0 Å². The van der Waals surface area contributed by atoms with E-state index in [-0.39, 0.29) is 67.3 Å². The number of benzene rings is 8. The summed E-state index contributed by atoms with van der Waals surface area (Å²) in [4.78, 5) is 15.1. The van der Waals surface area contributed by atoms with Crippen LogP contribution in [-0.2, 0) is 0 Å². The van der Waals surface area contributed by atoms with Crippen molar-refractivity contribution in [3.63, 3.8) is 0 Å². The van der Waals surface area contributed by atoms with Crippen molar-refractivity contribution in [1.29, 1.82) is 0 Å². The van der Waals surface area contributed by atoms with E-state index >= 15 is 0 Å². The number of hydrogen-bond donors (Lipinski definition) is 0. The summed E-state index contributed by atoms with van der Waals surface area (Å²) in [6.07, 6.45) is 0. The lowest BCUT2D eigenvalue weighted by Crippen LogP contribution is -2.07. The van der Waals surface area contributed by atoms with Crippen LogP contribution in [0, 0.1) is 0 Å². The first-order valence-electron chi connectivity index (χ1n) is 23.1. The van der Waals surface area contributed by atoms with Crippen molar-refractivity contribution in [3.05, 3.63) is 200 Å². The van der Waals surface area contributed by atoms with Gasteiger partial charge in [-0.1, -0.05) is 170 Å². The molecule has 11 rings (SSSR count). The number of aromatic nitrogens is 5. The van der Waals surface area contributed by atoms with E-state index in [2.05, 4.69) is 0 Å². The molecule has 3 heterocycles. The van der Waals surface area contributed by atoms with Gasteiger partial charge in [0.1, 0.15) is 0 Å². The van der Waals surface area contributed by atoms with E-state index in [4.69, 9.17) is 20.4 Å². The molecule has 0 aliphatic heterocycles. The first kappa shape index (κ1) is 23.2. The molecule has 0 unspecified atom stereocenters.